The fraction of sp³-hybridized carbons (Fsp3) is 0.273. The molecule has 0 radical (unpaired) electrons. The van der Waals surface area contributed by atoms with Crippen molar-refractivity contribution in [2.45, 2.75) is 19.4 Å². The number of pyridine rings is 1. The van der Waals surface area contributed by atoms with Gasteiger partial charge in [0.05, 0.1) is 5.52 Å². The van der Waals surface area contributed by atoms with E-state index in [4.69, 9.17) is 10.8 Å². The van der Waals surface area contributed by atoms with Gasteiger partial charge in [0.15, 0.2) is 5.69 Å². The van der Waals surface area contributed by atoms with E-state index in [0.717, 1.165) is 0 Å². The van der Waals surface area contributed by atoms with Crippen molar-refractivity contribution in [1.82, 2.24) is 9.38 Å². The Balaban J connectivity index is 2.62. The van der Waals surface area contributed by atoms with Crippen LogP contribution >= 0.6 is 0 Å². The van der Waals surface area contributed by atoms with Gasteiger partial charge in [0.2, 0.25) is 0 Å². The monoisotopic (exact) mass is 219 g/mol. The fourth-order valence-electron chi connectivity index (χ4n) is 1.69. The Morgan fingerprint density at radius 3 is 3.00 bits per heavy atom. The maximum absolute atomic E-state index is 11.0. The van der Waals surface area contributed by atoms with Crippen molar-refractivity contribution in [2.75, 3.05) is 0 Å². The minimum absolute atomic E-state index is 0.0487. The molecule has 0 aromatic carbocycles. The first-order valence-electron chi connectivity index (χ1n) is 5.04. The molecule has 2 heterocycles. The molecular formula is C11H13N3O2. The van der Waals surface area contributed by atoms with Crippen molar-refractivity contribution < 1.29 is 9.90 Å². The number of nitrogens with two attached hydrogens (primary N) is 1. The first kappa shape index (κ1) is 10.6. The van der Waals surface area contributed by atoms with E-state index in [2.05, 4.69) is 4.98 Å². The van der Waals surface area contributed by atoms with Gasteiger partial charge >= 0.3 is 5.97 Å². The minimum atomic E-state index is -1.01. The summed E-state index contributed by atoms with van der Waals surface area (Å²) in [6.07, 6.45) is 2.35. The van der Waals surface area contributed by atoms with E-state index in [9.17, 15) is 4.79 Å². The predicted octanol–water partition coefficient (Wildman–Crippen LogP) is 0.922. The second kappa shape index (κ2) is 3.94. The van der Waals surface area contributed by atoms with E-state index in [0.29, 0.717) is 17.8 Å². The van der Waals surface area contributed by atoms with Crippen molar-refractivity contribution in [3.8, 4) is 0 Å². The molecular weight excluding hydrogens is 206 g/mol. The van der Waals surface area contributed by atoms with E-state index >= 15 is 0 Å². The molecule has 16 heavy (non-hydrogen) atoms. The predicted molar refractivity (Wildman–Crippen MR) is 59.5 cm³/mol. The third kappa shape index (κ3) is 1.77. The van der Waals surface area contributed by atoms with Crippen LogP contribution in [0, 0.1) is 0 Å². The lowest BCUT2D eigenvalue weighted by Crippen LogP contribution is -2.19. The van der Waals surface area contributed by atoms with Crippen molar-refractivity contribution in [3.05, 3.63) is 35.9 Å². The number of fused-ring (bicyclic) bond motifs is 1. The molecule has 84 valence electrons. The number of aromatic nitrogens is 2. The molecule has 0 saturated heterocycles. The van der Waals surface area contributed by atoms with Crippen LogP contribution in [0.2, 0.25) is 0 Å². The van der Waals surface area contributed by atoms with Gasteiger partial charge < -0.3 is 15.2 Å². The Labute approximate surface area is 92.5 Å². The van der Waals surface area contributed by atoms with Gasteiger partial charge in [0.1, 0.15) is 5.82 Å². The van der Waals surface area contributed by atoms with Crippen LogP contribution < -0.4 is 5.73 Å². The van der Waals surface area contributed by atoms with E-state index < -0.39 is 5.97 Å². The van der Waals surface area contributed by atoms with Crippen LogP contribution in [0.4, 0.5) is 0 Å². The molecule has 0 spiro atoms. The highest BCUT2D eigenvalue weighted by molar-refractivity contribution is 5.93. The summed E-state index contributed by atoms with van der Waals surface area (Å²) >= 11 is 0. The second-order valence-corrected chi connectivity index (χ2v) is 3.82. The molecule has 0 bridgehead atoms. The molecule has 2 aromatic rings. The van der Waals surface area contributed by atoms with Gasteiger partial charge in [-0.15, -0.1) is 0 Å². The lowest BCUT2D eigenvalue weighted by Gasteiger charge is -2.03. The standard InChI is InChI=1S/C11H13N3O2/c1-7(12)6-9-13-10(11(15)16)8-4-2-3-5-14(8)9/h2-5,7H,6,12H2,1H3,(H,15,16). The zero-order valence-electron chi connectivity index (χ0n) is 8.92. The second-order valence-electron chi connectivity index (χ2n) is 3.82. The molecule has 1 atom stereocenters. The zero-order valence-corrected chi connectivity index (χ0v) is 8.92. The summed E-state index contributed by atoms with van der Waals surface area (Å²) in [6, 6.07) is 5.32. The van der Waals surface area contributed by atoms with Crippen LogP contribution in [0.5, 0.6) is 0 Å². The first-order chi connectivity index (χ1) is 7.59. The number of hydrogen-bond acceptors (Lipinski definition) is 3. The molecule has 5 nitrogen and oxygen atoms in total. The highest BCUT2D eigenvalue weighted by Gasteiger charge is 2.16. The van der Waals surface area contributed by atoms with Crippen molar-refractivity contribution in [2.24, 2.45) is 5.73 Å². The van der Waals surface area contributed by atoms with Crippen LogP contribution in [-0.2, 0) is 6.42 Å². The van der Waals surface area contributed by atoms with Crippen molar-refractivity contribution in [1.29, 1.82) is 0 Å². The fourth-order valence-corrected chi connectivity index (χ4v) is 1.69. The molecule has 5 heteroatoms. The summed E-state index contributed by atoms with van der Waals surface area (Å²) in [5, 5.41) is 9.02. The number of imidazole rings is 1. The highest BCUT2D eigenvalue weighted by Crippen LogP contribution is 2.14. The lowest BCUT2D eigenvalue weighted by atomic mass is 10.2. The SMILES string of the molecule is CC(N)Cc1nc(C(=O)O)c2ccccn12. The maximum Gasteiger partial charge on any atom is 0.356 e. The van der Waals surface area contributed by atoms with Gasteiger partial charge in [-0.25, -0.2) is 9.78 Å². The van der Waals surface area contributed by atoms with Crippen molar-refractivity contribution in [3.63, 3.8) is 0 Å². The largest absolute Gasteiger partial charge is 0.476 e. The molecule has 1 unspecified atom stereocenters. The topological polar surface area (TPSA) is 80.6 Å². The number of carbonyl (C=O) groups is 1. The number of carboxylic acids is 1. The summed E-state index contributed by atoms with van der Waals surface area (Å²) in [7, 11) is 0. The van der Waals surface area contributed by atoms with Crippen LogP contribution in [0.3, 0.4) is 0 Å². The maximum atomic E-state index is 11.0. The van der Waals surface area contributed by atoms with Gasteiger partial charge in [-0.2, -0.15) is 0 Å². The Hall–Kier alpha value is -1.88. The average molecular weight is 219 g/mol. The van der Waals surface area contributed by atoms with Gasteiger partial charge in [0, 0.05) is 18.7 Å². The van der Waals surface area contributed by atoms with Gasteiger partial charge in [0.25, 0.3) is 0 Å². The van der Waals surface area contributed by atoms with E-state index in [1.807, 2.05) is 13.0 Å². The number of nitrogens with zero attached hydrogens (tertiary/aromatic N) is 2. The Morgan fingerprint density at radius 1 is 1.62 bits per heavy atom. The Bertz CT molecular complexity index is 531. The molecule has 0 aliphatic carbocycles. The van der Waals surface area contributed by atoms with E-state index in [1.54, 1.807) is 22.7 Å². The summed E-state index contributed by atoms with van der Waals surface area (Å²) in [5.74, 6) is -0.331. The lowest BCUT2D eigenvalue weighted by molar-refractivity contribution is 0.0693. The van der Waals surface area contributed by atoms with Gasteiger partial charge in [-0.1, -0.05) is 6.07 Å². The molecule has 0 aliphatic heterocycles. The van der Waals surface area contributed by atoms with Gasteiger partial charge in [-0.3, -0.25) is 0 Å². The van der Waals surface area contributed by atoms with Crippen molar-refractivity contribution >= 4 is 11.5 Å². The number of hydrogen-bond donors (Lipinski definition) is 2. The normalized spacial score (nSPS) is 12.9. The smallest absolute Gasteiger partial charge is 0.356 e. The summed E-state index contributed by atoms with van der Waals surface area (Å²) in [5.41, 5.74) is 6.38. The summed E-state index contributed by atoms with van der Waals surface area (Å²) in [6.45, 7) is 1.87. The molecule has 3 N–H and O–H groups in total. The van der Waals surface area contributed by atoms with Crippen LogP contribution in [0.15, 0.2) is 24.4 Å². The third-order valence-electron chi connectivity index (χ3n) is 2.33. The molecule has 2 aromatic heterocycles. The number of rotatable bonds is 3. The molecule has 0 amide bonds. The van der Waals surface area contributed by atoms with Crippen LogP contribution in [0.1, 0.15) is 23.2 Å². The first-order valence-corrected chi connectivity index (χ1v) is 5.04. The summed E-state index contributed by atoms with van der Waals surface area (Å²) in [4.78, 5) is 15.1. The molecule has 0 fully saturated rings. The highest BCUT2D eigenvalue weighted by atomic mass is 16.4. The molecule has 0 saturated carbocycles. The minimum Gasteiger partial charge on any atom is -0.476 e. The van der Waals surface area contributed by atoms with E-state index in [-0.39, 0.29) is 11.7 Å². The zero-order chi connectivity index (χ0) is 11.7. The Morgan fingerprint density at radius 2 is 2.38 bits per heavy atom. The molecule has 2 rings (SSSR count). The van der Waals surface area contributed by atoms with Crippen LogP contribution in [-0.4, -0.2) is 26.5 Å². The third-order valence-corrected chi connectivity index (χ3v) is 2.33. The average Bonchev–Trinajstić information content (AvgIpc) is 2.57. The Kier molecular flexibility index (Phi) is 2.62. The number of carboxylic acid groups (broad SMARTS) is 1. The quantitative estimate of drug-likeness (QED) is 0.804. The van der Waals surface area contributed by atoms with Crippen LogP contribution in [0.25, 0.3) is 5.52 Å². The summed E-state index contributed by atoms with van der Waals surface area (Å²) < 4.78 is 1.77. The number of aromatic carboxylic acids is 1. The molecule has 0 aliphatic rings. The van der Waals surface area contributed by atoms with E-state index in [1.165, 1.54) is 0 Å². The van der Waals surface area contributed by atoms with Gasteiger partial charge in [-0.05, 0) is 19.1 Å².